The third kappa shape index (κ3) is 2.27. The molecule has 2 rings (SSSR count). The minimum absolute atomic E-state index is 0.368. The molecular weight excluding hydrogens is 266 g/mol. The predicted octanol–water partition coefficient (Wildman–Crippen LogP) is 3.42. The van der Waals surface area contributed by atoms with Crippen molar-refractivity contribution >= 4 is 15.9 Å². The summed E-state index contributed by atoms with van der Waals surface area (Å²) in [5.74, 6) is 1.09. The molecule has 82 valence electrons. The molecule has 0 aliphatic heterocycles. The second kappa shape index (κ2) is 4.70. The summed E-state index contributed by atoms with van der Waals surface area (Å²) >= 11 is 3.46. The Morgan fingerprint density at radius 1 is 1.25 bits per heavy atom. The molecule has 0 spiro atoms. The molecular formula is C12H12BrN3. The van der Waals surface area contributed by atoms with Gasteiger partial charge in [0.1, 0.15) is 0 Å². The monoisotopic (exact) mass is 277 g/mol. The van der Waals surface area contributed by atoms with Crippen molar-refractivity contribution in [2.24, 2.45) is 0 Å². The second-order valence-corrected chi connectivity index (χ2v) is 4.68. The smallest absolute Gasteiger partial charge is 0.161 e. The SMILES string of the molecule is CC(C)c1nc(-c2cccnc2)ncc1Br. The fourth-order valence-electron chi connectivity index (χ4n) is 1.42. The van der Waals surface area contributed by atoms with E-state index in [0.29, 0.717) is 5.92 Å². The minimum Gasteiger partial charge on any atom is -0.264 e. The van der Waals surface area contributed by atoms with Gasteiger partial charge in [-0.1, -0.05) is 13.8 Å². The van der Waals surface area contributed by atoms with Crippen LogP contribution in [0.1, 0.15) is 25.5 Å². The molecule has 0 atom stereocenters. The van der Waals surface area contributed by atoms with E-state index in [2.05, 4.69) is 44.7 Å². The fourth-order valence-corrected chi connectivity index (χ4v) is 2.07. The van der Waals surface area contributed by atoms with Gasteiger partial charge in [-0.3, -0.25) is 4.98 Å². The highest BCUT2D eigenvalue weighted by Gasteiger charge is 2.09. The number of nitrogens with zero attached hydrogens (tertiary/aromatic N) is 3. The Morgan fingerprint density at radius 2 is 2.06 bits per heavy atom. The van der Waals surface area contributed by atoms with Crippen molar-refractivity contribution in [2.45, 2.75) is 19.8 Å². The van der Waals surface area contributed by atoms with Gasteiger partial charge >= 0.3 is 0 Å². The number of hydrogen-bond acceptors (Lipinski definition) is 3. The molecule has 0 N–H and O–H groups in total. The minimum atomic E-state index is 0.368. The van der Waals surface area contributed by atoms with Crippen molar-refractivity contribution in [3.8, 4) is 11.4 Å². The van der Waals surface area contributed by atoms with Crippen LogP contribution >= 0.6 is 15.9 Å². The molecule has 2 heterocycles. The average molecular weight is 278 g/mol. The van der Waals surface area contributed by atoms with E-state index in [-0.39, 0.29) is 0 Å². The molecule has 0 bridgehead atoms. The van der Waals surface area contributed by atoms with Crippen LogP contribution in [-0.4, -0.2) is 15.0 Å². The molecule has 0 fully saturated rings. The van der Waals surface area contributed by atoms with Gasteiger partial charge in [-0.05, 0) is 34.0 Å². The number of pyridine rings is 1. The quantitative estimate of drug-likeness (QED) is 0.844. The lowest BCUT2D eigenvalue weighted by atomic mass is 10.1. The maximum atomic E-state index is 4.54. The van der Waals surface area contributed by atoms with Crippen LogP contribution in [0.5, 0.6) is 0 Å². The normalized spacial score (nSPS) is 10.8. The van der Waals surface area contributed by atoms with Gasteiger partial charge in [0.2, 0.25) is 0 Å². The van der Waals surface area contributed by atoms with E-state index in [0.717, 1.165) is 21.6 Å². The van der Waals surface area contributed by atoms with Gasteiger partial charge in [-0.25, -0.2) is 9.97 Å². The highest BCUT2D eigenvalue weighted by Crippen LogP contribution is 2.24. The van der Waals surface area contributed by atoms with E-state index in [1.54, 1.807) is 18.6 Å². The summed E-state index contributed by atoms with van der Waals surface area (Å²) in [6.45, 7) is 4.22. The van der Waals surface area contributed by atoms with Crippen molar-refractivity contribution in [2.75, 3.05) is 0 Å². The van der Waals surface area contributed by atoms with E-state index in [1.165, 1.54) is 0 Å². The third-order valence-electron chi connectivity index (χ3n) is 2.24. The zero-order chi connectivity index (χ0) is 11.5. The van der Waals surface area contributed by atoms with Crippen LogP contribution in [0.4, 0.5) is 0 Å². The van der Waals surface area contributed by atoms with E-state index in [1.807, 2.05) is 12.1 Å². The van der Waals surface area contributed by atoms with Gasteiger partial charge < -0.3 is 0 Å². The van der Waals surface area contributed by atoms with Gasteiger partial charge in [0.05, 0.1) is 10.2 Å². The zero-order valence-corrected chi connectivity index (χ0v) is 10.8. The molecule has 0 saturated carbocycles. The Balaban J connectivity index is 2.48. The number of rotatable bonds is 2. The van der Waals surface area contributed by atoms with Crippen LogP contribution in [-0.2, 0) is 0 Å². The van der Waals surface area contributed by atoms with E-state index in [9.17, 15) is 0 Å². The highest BCUT2D eigenvalue weighted by atomic mass is 79.9. The molecule has 0 aliphatic carbocycles. The van der Waals surface area contributed by atoms with E-state index < -0.39 is 0 Å². The summed E-state index contributed by atoms with van der Waals surface area (Å²) in [5.41, 5.74) is 1.96. The van der Waals surface area contributed by atoms with Crippen LogP contribution in [0.2, 0.25) is 0 Å². The molecule has 16 heavy (non-hydrogen) atoms. The van der Waals surface area contributed by atoms with Crippen LogP contribution in [0.15, 0.2) is 35.2 Å². The van der Waals surface area contributed by atoms with Crippen LogP contribution in [0, 0.1) is 0 Å². The largest absolute Gasteiger partial charge is 0.264 e. The van der Waals surface area contributed by atoms with Crippen molar-refractivity contribution < 1.29 is 0 Å². The second-order valence-electron chi connectivity index (χ2n) is 3.82. The lowest BCUT2D eigenvalue weighted by molar-refractivity contribution is 0.809. The van der Waals surface area contributed by atoms with Gasteiger partial charge in [0.15, 0.2) is 5.82 Å². The number of hydrogen-bond donors (Lipinski definition) is 0. The van der Waals surface area contributed by atoms with Crippen molar-refractivity contribution in [1.29, 1.82) is 0 Å². The molecule has 0 unspecified atom stereocenters. The Kier molecular flexibility index (Phi) is 3.29. The first-order valence-corrected chi connectivity index (χ1v) is 5.90. The summed E-state index contributed by atoms with van der Waals surface area (Å²) in [6, 6.07) is 3.84. The van der Waals surface area contributed by atoms with E-state index >= 15 is 0 Å². The Morgan fingerprint density at radius 3 is 2.69 bits per heavy atom. The van der Waals surface area contributed by atoms with E-state index in [4.69, 9.17) is 0 Å². The maximum Gasteiger partial charge on any atom is 0.161 e. The van der Waals surface area contributed by atoms with Gasteiger partial charge in [-0.15, -0.1) is 0 Å². The van der Waals surface area contributed by atoms with Gasteiger partial charge in [-0.2, -0.15) is 0 Å². The Labute approximate surface area is 103 Å². The molecule has 3 nitrogen and oxygen atoms in total. The van der Waals surface area contributed by atoms with Crippen LogP contribution < -0.4 is 0 Å². The Bertz CT molecular complexity index is 483. The Hall–Kier alpha value is -1.29. The molecule has 2 aromatic rings. The number of aromatic nitrogens is 3. The van der Waals surface area contributed by atoms with Crippen molar-refractivity contribution in [3.63, 3.8) is 0 Å². The molecule has 0 radical (unpaired) electrons. The number of halogens is 1. The van der Waals surface area contributed by atoms with Gasteiger partial charge in [0, 0.05) is 24.2 Å². The molecule has 2 aromatic heterocycles. The van der Waals surface area contributed by atoms with Crippen molar-refractivity contribution in [3.05, 3.63) is 40.9 Å². The predicted molar refractivity (Wildman–Crippen MR) is 67.1 cm³/mol. The summed E-state index contributed by atoms with van der Waals surface area (Å²) in [5, 5.41) is 0. The standard InChI is InChI=1S/C12H12BrN3/c1-8(2)11-10(13)7-15-12(16-11)9-4-3-5-14-6-9/h3-8H,1-2H3. The molecule has 0 saturated heterocycles. The average Bonchev–Trinajstić information content (AvgIpc) is 2.30. The summed E-state index contributed by atoms with van der Waals surface area (Å²) < 4.78 is 0.954. The lowest BCUT2D eigenvalue weighted by Crippen LogP contribution is -1.98. The maximum absolute atomic E-state index is 4.54. The van der Waals surface area contributed by atoms with Crippen LogP contribution in [0.3, 0.4) is 0 Å². The van der Waals surface area contributed by atoms with Crippen LogP contribution in [0.25, 0.3) is 11.4 Å². The first-order valence-electron chi connectivity index (χ1n) is 5.11. The van der Waals surface area contributed by atoms with Gasteiger partial charge in [0.25, 0.3) is 0 Å². The molecule has 4 heteroatoms. The topological polar surface area (TPSA) is 38.7 Å². The third-order valence-corrected chi connectivity index (χ3v) is 2.85. The fraction of sp³-hybridized carbons (Fsp3) is 0.250. The summed E-state index contributed by atoms with van der Waals surface area (Å²) in [4.78, 5) is 12.9. The molecule has 0 aromatic carbocycles. The lowest BCUT2D eigenvalue weighted by Gasteiger charge is -2.08. The highest BCUT2D eigenvalue weighted by molar-refractivity contribution is 9.10. The molecule has 0 amide bonds. The first kappa shape index (κ1) is 11.2. The van der Waals surface area contributed by atoms with Crippen molar-refractivity contribution in [1.82, 2.24) is 15.0 Å². The zero-order valence-electron chi connectivity index (χ0n) is 9.18. The first-order chi connectivity index (χ1) is 7.68. The molecule has 0 aliphatic rings. The summed E-state index contributed by atoms with van der Waals surface area (Å²) in [6.07, 6.45) is 5.31. The summed E-state index contributed by atoms with van der Waals surface area (Å²) in [7, 11) is 0.